The van der Waals surface area contributed by atoms with Gasteiger partial charge in [0.15, 0.2) is 17.4 Å². The molecule has 2 amide bonds. The first-order valence-electron chi connectivity index (χ1n) is 13.2. The van der Waals surface area contributed by atoms with Crippen molar-refractivity contribution in [1.82, 2.24) is 9.99 Å². The molecule has 0 radical (unpaired) electrons. The van der Waals surface area contributed by atoms with Gasteiger partial charge >= 0.3 is 6.18 Å². The largest absolute Gasteiger partial charge is 0.508 e. The summed E-state index contributed by atoms with van der Waals surface area (Å²) in [5.41, 5.74) is 0.512. The molecule has 43 heavy (non-hydrogen) atoms. The molecule has 6 rings (SSSR count). The van der Waals surface area contributed by atoms with E-state index in [4.69, 9.17) is 23.2 Å². The van der Waals surface area contributed by atoms with E-state index in [0.717, 1.165) is 16.1 Å². The van der Waals surface area contributed by atoms with Gasteiger partial charge in [-0.3, -0.25) is 24.2 Å². The lowest BCUT2D eigenvalue weighted by atomic mass is 9.59. The lowest BCUT2D eigenvalue weighted by molar-refractivity contribution is -0.141. The Labute approximate surface area is 253 Å². The van der Waals surface area contributed by atoms with Gasteiger partial charge in [-0.05, 0) is 61.6 Å². The molecule has 2 heterocycles. The molecule has 1 aromatic heterocycles. The molecule has 1 aliphatic heterocycles. The van der Waals surface area contributed by atoms with Crippen LogP contribution in [0.3, 0.4) is 0 Å². The monoisotopic (exact) mass is 631 g/mol. The van der Waals surface area contributed by atoms with Crippen LogP contribution in [0.1, 0.15) is 36.9 Å². The molecule has 3 aliphatic carbocycles. The molecule has 1 fully saturated rings. The van der Waals surface area contributed by atoms with E-state index in [-0.39, 0.29) is 56.9 Å². The van der Waals surface area contributed by atoms with Gasteiger partial charge in [-0.25, -0.2) is 4.98 Å². The van der Waals surface area contributed by atoms with Crippen molar-refractivity contribution in [3.63, 3.8) is 0 Å². The number of carbonyl (C=O) groups excluding carboxylic acids is 4. The molecule has 0 saturated carbocycles. The fraction of sp³-hybridized carbons (Fsp3) is 0.300. The molecule has 0 spiro atoms. The maximum atomic E-state index is 14.0. The number of pyridine rings is 1. The molecule has 0 bridgehead atoms. The van der Waals surface area contributed by atoms with Crippen LogP contribution in [-0.4, -0.2) is 45.5 Å². The SMILES string of the molecule is CC1=CC(=O)C2=C(CC3C(=CCC4C(=O)N(N(C)c5nc(C(F)(F)F)ccc5Cl)C(=O)C43)C2c2ccc(O)cc2Cl)C1=O. The highest BCUT2D eigenvalue weighted by Crippen LogP contribution is 2.56. The first kappa shape index (κ1) is 29.1. The fourth-order valence-corrected chi connectivity index (χ4v) is 7.19. The van der Waals surface area contributed by atoms with Crippen LogP contribution in [0.15, 0.2) is 64.8 Å². The molecule has 8 nitrogen and oxygen atoms in total. The molecule has 1 saturated heterocycles. The van der Waals surface area contributed by atoms with E-state index >= 15 is 0 Å². The first-order chi connectivity index (χ1) is 20.2. The van der Waals surface area contributed by atoms with Gasteiger partial charge in [-0.15, -0.1) is 0 Å². The Morgan fingerprint density at radius 3 is 2.42 bits per heavy atom. The molecule has 4 atom stereocenters. The maximum Gasteiger partial charge on any atom is 0.433 e. The summed E-state index contributed by atoms with van der Waals surface area (Å²) in [7, 11) is 1.23. The Kier molecular flexibility index (Phi) is 6.81. The summed E-state index contributed by atoms with van der Waals surface area (Å²) in [6.07, 6.45) is -1.65. The normalized spacial score (nSPS) is 25.3. The maximum absolute atomic E-state index is 14.0. The van der Waals surface area contributed by atoms with Gasteiger partial charge < -0.3 is 5.11 Å². The summed E-state index contributed by atoms with van der Waals surface area (Å²) in [4.78, 5) is 58.0. The predicted molar refractivity (Wildman–Crippen MR) is 149 cm³/mol. The Morgan fingerprint density at radius 1 is 1.02 bits per heavy atom. The Morgan fingerprint density at radius 2 is 1.74 bits per heavy atom. The van der Waals surface area contributed by atoms with Crippen LogP contribution >= 0.6 is 23.2 Å². The number of aromatic hydroxyl groups is 1. The van der Waals surface area contributed by atoms with Crippen LogP contribution < -0.4 is 5.01 Å². The number of carbonyl (C=O) groups is 4. The molecule has 4 unspecified atom stereocenters. The van der Waals surface area contributed by atoms with E-state index in [1.807, 2.05) is 0 Å². The highest BCUT2D eigenvalue weighted by Gasteiger charge is 2.57. The average molecular weight is 632 g/mol. The zero-order valence-electron chi connectivity index (χ0n) is 22.6. The van der Waals surface area contributed by atoms with Crippen LogP contribution in [0.5, 0.6) is 5.75 Å². The zero-order valence-corrected chi connectivity index (χ0v) is 24.1. The molecule has 4 aliphatic rings. The van der Waals surface area contributed by atoms with Crippen LogP contribution in [0, 0.1) is 17.8 Å². The fourth-order valence-electron chi connectivity index (χ4n) is 6.68. The average Bonchev–Trinajstić information content (AvgIpc) is 3.19. The Hall–Kier alpha value is -3.96. The smallest absolute Gasteiger partial charge is 0.433 e. The van der Waals surface area contributed by atoms with Crippen molar-refractivity contribution in [2.75, 3.05) is 12.1 Å². The van der Waals surface area contributed by atoms with E-state index in [0.29, 0.717) is 17.2 Å². The zero-order chi connectivity index (χ0) is 31.1. The molecule has 222 valence electrons. The number of phenolic OH excluding ortho intramolecular Hbond substituents is 1. The number of halogens is 5. The van der Waals surface area contributed by atoms with Gasteiger partial charge in [0, 0.05) is 34.7 Å². The number of ketones is 2. The van der Waals surface area contributed by atoms with Gasteiger partial charge in [0.1, 0.15) is 11.4 Å². The number of allylic oxidation sites excluding steroid dienone is 6. The highest BCUT2D eigenvalue weighted by molar-refractivity contribution is 6.33. The van der Waals surface area contributed by atoms with Gasteiger partial charge in [0.25, 0.3) is 11.8 Å². The molecular formula is C30H22Cl2F3N3O5. The molecule has 13 heteroatoms. The number of hydrogen-bond acceptors (Lipinski definition) is 7. The summed E-state index contributed by atoms with van der Waals surface area (Å²) in [5.74, 6) is -5.99. The third-order valence-corrected chi connectivity index (χ3v) is 9.18. The number of anilines is 1. The van der Waals surface area contributed by atoms with Gasteiger partial charge in [0.2, 0.25) is 0 Å². The summed E-state index contributed by atoms with van der Waals surface area (Å²) < 4.78 is 40.2. The summed E-state index contributed by atoms with van der Waals surface area (Å²) in [6, 6.07) is 5.96. The van der Waals surface area contributed by atoms with Crippen LogP contribution in [0.25, 0.3) is 0 Å². The Balaban J connectivity index is 1.44. The number of nitrogens with zero attached hydrogens (tertiary/aromatic N) is 3. The third kappa shape index (κ3) is 4.48. The number of rotatable bonds is 3. The second-order valence-electron chi connectivity index (χ2n) is 10.9. The minimum Gasteiger partial charge on any atom is -0.508 e. The first-order valence-corrected chi connectivity index (χ1v) is 14.0. The van der Waals surface area contributed by atoms with Gasteiger partial charge in [0.05, 0.1) is 16.9 Å². The predicted octanol–water partition coefficient (Wildman–Crippen LogP) is 5.59. The third-order valence-electron chi connectivity index (χ3n) is 8.56. The van der Waals surface area contributed by atoms with Gasteiger partial charge in [-0.2, -0.15) is 18.2 Å². The van der Waals surface area contributed by atoms with Crippen molar-refractivity contribution in [3.05, 3.63) is 86.1 Å². The molecule has 1 N–H and O–H groups in total. The second kappa shape index (κ2) is 10.1. The number of amides is 2. The van der Waals surface area contributed by atoms with Crippen LogP contribution in [0.4, 0.5) is 19.0 Å². The number of hydrazine groups is 1. The number of alkyl halides is 3. The van der Waals surface area contributed by atoms with E-state index in [9.17, 15) is 37.5 Å². The molecule has 2 aromatic rings. The second-order valence-corrected chi connectivity index (χ2v) is 11.8. The highest BCUT2D eigenvalue weighted by atomic mass is 35.5. The number of imide groups is 1. The van der Waals surface area contributed by atoms with E-state index < -0.39 is 53.2 Å². The van der Waals surface area contributed by atoms with E-state index in [2.05, 4.69) is 4.98 Å². The van der Waals surface area contributed by atoms with Crippen molar-refractivity contribution in [2.45, 2.75) is 31.9 Å². The number of aromatic nitrogens is 1. The van der Waals surface area contributed by atoms with Crippen LogP contribution in [0.2, 0.25) is 10.0 Å². The number of Topliss-reactive ketones (excluding diaryl/α,β-unsaturated/α-hetero) is 1. The lowest BCUT2D eigenvalue weighted by Crippen LogP contribution is -2.46. The number of benzene rings is 1. The van der Waals surface area contributed by atoms with Crippen LogP contribution in [-0.2, 0) is 25.4 Å². The summed E-state index contributed by atoms with van der Waals surface area (Å²) in [6.45, 7) is 1.52. The Bertz CT molecular complexity index is 1750. The van der Waals surface area contributed by atoms with Gasteiger partial charge in [-0.1, -0.05) is 40.9 Å². The summed E-state index contributed by atoms with van der Waals surface area (Å²) >= 11 is 12.7. The minimum atomic E-state index is -4.79. The standard InChI is InChI=1S/C30H22Cl2F3N3O5/c1-12-9-21(40)25-18(26(12)41)11-17-14(23(25)15-4-3-13(39)10-20(15)32)5-6-16-24(17)29(43)38(28(16)42)37(2)27-19(31)7-8-22(36-27)30(33,34)35/h3-5,7-10,16-17,23-24,39H,6,11H2,1-2H3. The lowest BCUT2D eigenvalue weighted by Gasteiger charge is -2.42. The summed E-state index contributed by atoms with van der Waals surface area (Å²) in [5, 5.41) is 11.6. The van der Waals surface area contributed by atoms with Crippen molar-refractivity contribution in [2.24, 2.45) is 17.8 Å². The molecule has 1 aromatic carbocycles. The minimum absolute atomic E-state index is 0.00340. The number of phenols is 1. The topological polar surface area (TPSA) is 108 Å². The van der Waals surface area contributed by atoms with E-state index in [1.165, 1.54) is 32.2 Å². The number of fused-ring (bicyclic) bond motifs is 3. The number of hydrogen-bond donors (Lipinski definition) is 1. The van der Waals surface area contributed by atoms with Crippen molar-refractivity contribution in [3.8, 4) is 5.75 Å². The van der Waals surface area contributed by atoms with Crippen molar-refractivity contribution in [1.29, 1.82) is 0 Å². The van der Waals surface area contributed by atoms with Crippen molar-refractivity contribution >= 4 is 52.4 Å². The van der Waals surface area contributed by atoms with Crippen molar-refractivity contribution < 1.29 is 37.5 Å². The van der Waals surface area contributed by atoms with E-state index in [1.54, 1.807) is 12.1 Å². The molecular weight excluding hydrogens is 610 g/mol. The quantitative estimate of drug-likeness (QED) is 0.267.